The molecule has 0 heterocycles. The van der Waals surface area contributed by atoms with Gasteiger partial charge in [-0.3, -0.25) is 4.90 Å². The fraction of sp³-hybridized carbons (Fsp3) is 0.625. The molecule has 20 heavy (non-hydrogen) atoms. The average Bonchev–Trinajstić information content (AvgIpc) is 2.39. The van der Waals surface area contributed by atoms with Gasteiger partial charge < -0.3 is 14.6 Å². The van der Waals surface area contributed by atoms with Crippen molar-refractivity contribution in [1.29, 1.82) is 0 Å². The molecule has 0 aliphatic carbocycles. The molecular weight excluding hydrogens is 254 g/mol. The summed E-state index contributed by atoms with van der Waals surface area (Å²) in [4.78, 5) is 2.36. The zero-order chi connectivity index (χ0) is 15.0. The second kappa shape index (κ2) is 8.82. The minimum absolute atomic E-state index is 0.197. The molecule has 1 N–H and O–H groups in total. The van der Waals surface area contributed by atoms with E-state index in [2.05, 4.69) is 18.7 Å². The third kappa shape index (κ3) is 5.80. The number of benzene rings is 1. The van der Waals surface area contributed by atoms with Gasteiger partial charge in [-0.25, -0.2) is 0 Å². The van der Waals surface area contributed by atoms with E-state index in [-0.39, 0.29) is 5.75 Å². The van der Waals surface area contributed by atoms with Crippen molar-refractivity contribution < 1.29 is 14.6 Å². The van der Waals surface area contributed by atoms with Gasteiger partial charge in [0.15, 0.2) is 11.5 Å². The molecule has 0 aromatic heterocycles. The number of hydrogen-bond acceptors (Lipinski definition) is 4. The van der Waals surface area contributed by atoms with Crippen LogP contribution < -0.4 is 4.74 Å². The standard InChI is InChI=1S/C16H27NO3/c1-5-20-16-10-14(6-7-15(16)18)12-17(8-9-19-4)11-13(2)3/h6-7,10,13,18H,5,8-9,11-12H2,1-4H3. The Morgan fingerprint density at radius 3 is 2.65 bits per heavy atom. The normalized spacial score (nSPS) is 11.3. The summed E-state index contributed by atoms with van der Waals surface area (Å²) in [5, 5.41) is 9.73. The molecule has 0 atom stereocenters. The summed E-state index contributed by atoms with van der Waals surface area (Å²) in [6.07, 6.45) is 0. The van der Waals surface area contributed by atoms with Gasteiger partial charge in [0.05, 0.1) is 13.2 Å². The van der Waals surface area contributed by atoms with Crippen LogP contribution in [0.1, 0.15) is 26.3 Å². The molecule has 0 spiro atoms. The summed E-state index contributed by atoms with van der Waals surface area (Å²) in [6.45, 7) is 10.4. The van der Waals surface area contributed by atoms with E-state index in [9.17, 15) is 5.11 Å². The van der Waals surface area contributed by atoms with Crippen LogP contribution in [0.4, 0.5) is 0 Å². The molecule has 114 valence electrons. The lowest BCUT2D eigenvalue weighted by Crippen LogP contribution is -2.30. The molecule has 0 aliphatic heterocycles. The predicted molar refractivity (Wildman–Crippen MR) is 81.3 cm³/mol. The molecule has 1 aromatic carbocycles. The van der Waals surface area contributed by atoms with Gasteiger partial charge >= 0.3 is 0 Å². The molecule has 0 fully saturated rings. The quantitative estimate of drug-likeness (QED) is 0.755. The van der Waals surface area contributed by atoms with Gasteiger partial charge in [-0.2, -0.15) is 0 Å². The van der Waals surface area contributed by atoms with Crippen LogP contribution in [-0.2, 0) is 11.3 Å². The first-order valence-corrected chi connectivity index (χ1v) is 7.22. The van der Waals surface area contributed by atoms with Gasteiger partial charge in [-0.1, -0.05) is 19.9 Å². The van der Waals surface area contributed by atoms with E-state index in [1.807, 2.05) is 19.1 Å². The number of ether oxygens (including phenoxy) is 2. The van der Waals surface area contributed by atoms with Crippen LogP contribution in [0.3, 0.4) is 0 Å². The molecule has 0 saturated heterocycles. The van der Waals surface area contributed by atoms with Crippen LogP contribution in [0.5, 0.6) is 11.5 Å². The van der Waals surface area contributed by atoms with Crippen molar-refractivity contribution in [1.82, 2.24) is 4.90 Å². The summed E-state index contributed by atoms with van der Waals surface area (Å²) < 4.78 is 10.6. The maximum atomic E-state index is 9.73. The van der Waals surface area contributed by atoms with Crippen molar-refractivity contribution >= 4 is 0 Å². The second-order valence-corrected chi connectivity index (χ2v) is 5.36. The van der Waals surface area contributed by atoms with Crippen molar-refractivity contribution in [2.75, 3.05) is 33.4 Å². The molecule has 4 heteroatoms. The fourth-order valence-electron chi connectivity index (χ4n) is 2.16. The highest BCUT2D eigenvalue weighted by Crippen LogP contribution is 2.27. The maximum absolute atomic E-state index is 9.73. The molecule has 0 radical (unpaired) electrons. The predicted octanol–water partition coefficient (Wildman–Crippen LogP) is 2.90. The first kappa shape index (κ1) is 16.8. The number of nitrogens with zero attached hydrogens (tertiary/aromatic N) is 1. The van der Waals surface area contributed by atoms with Gasteiger partial charge in [-0.15, -0.1) is 0 Å². The van der Waals surface area contributed by atoms with Crippen molar-refractivity contribution in [3.63, 3.8) is 0 Å². The molecule has 0 amide bonds. The third-order valence-corrected chi connectivity index (χ3v) is 2.97. The van der Waals surface area contributed by atoms with Gasteiger partial charge in [0, 0.05) is 26.7 Å². The molecule has 4 nitrogen and oxygen atoms in total. The van der Waals surface area contributed by atoms with E-state index in [0.29, 0.717) is 18.3 Å². The van der Waals surface area contributed by atoms with Crippen molar-refractivity contribution in [2.45, 2.75) is 27.3 Å². The van der Waals surface area contributed by atoms with Crippen LogP contribution in [-0.4, -0.2) is 43.4 Å². The Hall–Kier alpha value is -1.26. The van der Waals surface area contributed by atoms with E-state index in [0.717, 1.165) is 31.8 Å². The van der Waals surface area contributed by atoms with Crippen LogP contribution in [0, 0.1) is 5.92 Å². The molecule has 0 aliphatic rings. The van der Waals surface area contributed by atoms with Gasteiger partial charge in [0.2, 0.25) is 0 Å². The van der Waals surface area contributed by atoms with Crippen LogP contribution >= 0.6 is 0 Å². The van der Waals surface area contributed by atoms with Crippen molar-refractivity contribution in [3.8, 4) is 11.5 Å². The Morgan fingerprint density at radius 1 is 1.30 bits per heavy atom. The smallest absolute Gasteiger partial charge is 0.161 e. The van der Waals surface area contributed by atoms with E-state index < -0.39 is 0 Å². The molecule has 0 bridgehead atoms. The van der Waals surface area contributed by atoms with E-state index in [1.54, 1.807) is 13.2 Å². The molecule has 1 rings (SSSR count). The first-order chi connectivity index (χ1) is 9.56. The molecule has 0 unspecified atom stereocenters. The Morgan fingerprint density at radius 2 is 2.05 bits per heavy atom. The molecule has 1 aromatic rings. The monoisotopic (exact) mass is 281 g/mol. The molecule has 0 saturated carbocycles. The van der Waals surface area contributed by atoms with Gasteiger partial charge in [0.25, 0.3) is 0 Å². The summed E-state index contributed by atoms with van der Waals surface area (Å²) in [5.41, 5.74) is 1.14. The van der Waals surface area contributed by atoms with E-state index >= 15 is 0 Å². The summed E-state index contributed by atoms with van der Waals surface area (Å²) in [6, 6.07) is 5.56. The minimum Gasteiger partial charge on any atom is -0.504 e. The summed E-state index contributed by atoms with van der Waals surface area (Å²) in [7, 11) is 1.72. The van der Waals surface area contributed by atoms with Crippen LogP contribution in [0.2, 0.25) is 0 Å². The largest absolute Gasteiger partial charge is 0.504 e. The first-order valence-electron chi connectivity index (χ1n) is 7.22. The summed E-state index contributed by atoms with van der Waals surface area (Å²) >= 11 is 0. The van der Waals surface area contributed by atoms with E-state index in [1.165, 1.54) is 0 Å². The average molecular weight is 281 g/mol. The highest BCUT2D eigenvalue weighted by Gasteiger charge is 2.10. The number of phenols is 1. The topological polar surface area (TPSA) is 41.9 Å². The number of phenolic OH excluding ortho intramolecular Hbond substituents is 1. The van der Waals surface area contributed by atoms with Crippen LogP contribution in [0.25, 0.3) is 0 Å². The van der Waals surface area contributed by atoms with Gasteiger partial charge in [0.1, 0.15) is 0 Å². The lowest BCUT2D eigenvalue weighted by atomic mass is 10.1. The third-order valence-electron chi connectivity index (χ3n) is 2.97. The Bertz CT molecular complexity index is 393. The SMILES string of the molecule is CCOc1cc(CN(CCOC)CC(C)C)ccc1O. The Labute approximate surface area is 122 Å². The minimum atomic E-state index is 0.197. The highest BCUT2D eigenvalue weighted by molar-refractivity contribution is 5.41. The Kier molecular flexibility index (Phi) is 7.41. The number of hydrogen-bond donors (Lipinski definition) is 1. The number of methoxy groups -OCH3 is 1. The zero-order valence-corrected chi connectivity index (χ0v) is 13.1. The lowest BCUT2D eigenvalue weighted by molar-refractivity contribution is 0.136. The number of aromatic hydroxyl groups is 1. The highest BCUT2D eigenvalue weighted by atomic mass is 16.5. The maximum Gasteiger partial charge on any atom is 0.161 e. The molecular formula is C16H27NO3. The van der Waals surface area contributed by atoms with Crippen molar-refractivity contribution in [2.24, 2.45) is 5.92 Å². The second-order valence-electron chi connectivity index (χ2n) is 5.36. The summed E-state index contributed by atoms with van der Waals surface area (Å²) in [5.74, 6) is 1.36. The number of rotatable bonds is 9. The van der Waals surface area contributed by atoms with Crippen molar-refractivity contribution in [3.05, 3.63) is 23.8 Å². The fourth-order valence-corrected chi connectivity index (χ4v) is 2.16. The Balaban J connectivity index is 2.73. The van der Waals surface area contributed by atoms with Crippen LogP contribution in [0.15, 0.2) is 18.2 Å². The lowest BCUT2D eigenvalue weighted by Gasteiger charge is -2.24. The van der Waals surface area contributed by atoms with E-state index in [4.69, 9.17) is 9.47 Å². The zero-order valence-electron chi connectivity index (χ0n) is 13.1. The van der Waals surface area contributed by atoms with Gasteiger partial charge in [-0.05, 0) is 30.5 Å².